The Hall–Kier alpha value is -3.16. The number of aromatic nitrogens is 3. The van der Waals surface area contributed by atoms with E-state index >= 15 is 0 Å². The molecule has 0 aliphatic carbocycles. The number of benzene rings is 1. The van der Waals surface area contributed by atoms with Crippen LogP contribution in [0, 0.1) is 17.2 Å². The van der Waals surface area contributed by atoms with E-state index in [1.54, 1.807) is 55.1 Å². The van der Waals surface area contributed by atoms with E-state index in [2.05, 4.69) is 21.5 Å². The second-order valence-electron chi connectivity index (χ2n) is 8.79. The van der Waals surface area contributed by atoms with Crippen LogP contribution in [0.15, 0.2) is 46.2 Å². The van der Waals surface area contributed by atoms with Crippen molar-refractivity contribution in [2.24, 2.45) is 5.92 Å². The third-order valence-corrected chi connectivity index (χ3v) is 9.08. The number of nitriles is 1. The van der Waals surface area contributed by atoms with E-state index in [0.29, 0.717) is 48.5 Å². The van der Waals surface area contributed by atoms with Crippen molar-refractivity contribution < 1.29 is 13.2 Å². The number of ether oxygens (including phenoxy) is 1. The monoisotopic (exact) mass is 469 g/mol. The predicted molar refractivity (Wildman–Crippen MR) is 125 cm³/mol. The van der Waals surface area contributed by atoms with Crippen LogP contribution in [0.4, 0.5) is 11.5 Å². The second kappa shape index (κ2) is 8.65. The molecular weight excluding hydrogens is 442 g/mol. The summed E-state index contributed by atoms with van der Waals surface area (Å²) in [7, 11) is -3.49. The Morgan fingerprint density at radius 3 is 2.70 bits per heavy atom. The SMILES string of the molecule is CCC(C)(C)S(=O)(=O)c1ccc(Nc2nn(C3COCCC3C#N)c3cc[nH]c(=O)c23)cc1. The minimum Gasteiger partial charge on any atom is -0.379 e. The molecule has 3 heterocycles. The van der Waals surface area contributed by atoms with Gasteiger partial charge >= 0.3 is 0 Å². The third kappa shape index (κ3) is 4.03. The van der Waals surface area contributed by atoms with Crippen molar-refractivity contribution in [3.63, 3.8) is 0 Å². The highest BCUT2D eigenvalue weighted by Crippen LogP contribution is 2.33. The van der Waals surface area contributed by atoms with Gasteiger partial charge in [0.25, 0.3) is 5.56 Å². The average molecular weight is 470 g/mol. The highest BCUT2D eigenvalue weighted by Gasteiger charge is 2.34. The number of pyridine rings is 1. The van der Waals surface area contributed by atoms with Crippen LogP contribution in [0.25, 0.3) is 10.9 Å². The van der Waals surface area contributed by atoms with Gasteiger partial charge in [0.05, 0.1) is 39.8 Å². The van der Waals surface area contributed by atoms with Crippen LogP contribution < -0.4 is 10.9 Å². The Balaban J connectivity index is 1.72. The van der Waals surface area contributed by atoms with Crippen LogP contribution in [0.2, 0.25) is 0 Å². The minimum absolute atomic E-state index is 0.240. The molecule has 0 amide bonds. The fourth-order valence-electron chi connectivity index (χ4n) is 3.92. The summed E-state index contributed by atoms with van der Waals surface area (Å²) >= 11 is 0. The van der Waals surface area contributed by atoms with Crippen LogP contribution in [0.5, 0.6) is 0 Å². The van der Waals surface area contributed by atoms with E-state index < -0.39 is 14.6 Å². The molecule has 4 rings (SSSR count). The van der Waals surface area contributed by atoms with Crippen molar-refractivity contribution in [2.75, 3.05) is 18.5 Å². The minimum atomic E-state index is -3.49. The molecule has 2 unspecified atom stereocenters. The molecule has 174 valence electrons. The highest BCUT2D eigenvalue weighted by atomic mass is 32.2. The van der Waals surface area contributed by atoms with E-state index in [1.807, 2.05) is 6.92 Å². The largest absolute Gasteiger partial charge is 0.379 e. The first-order valence-corrected chi connectivity index (χ1v) is 12.4. The molecule has 0 radical (unpaired) electrons. The molecule has 2 N–H and O–H groups in total. The normalized spacial score (nSPS) is 19.3. The summed E-state index contributed by atoms with van der Waals surface area (Å²) in [5.74, 6) is 0.0546. The molecule has 0 saturated carbocycles. The first-order valence-electron chi connectivity index (χ1n) is 10.9. The maximum atomic E-state index is 12.9. The Bertz CT molecular complexity index is 1370. The van der Waals surface area contributed by atoms with Crippen LogP contribution in [-0.4, -0.2) is 41.1 Å². The van der Waals surface area contributed by atoms with E-state index in [-0.39, 0.29) is 22.4 Å². The number of hydrogen-bond donors (Lipinski definition) is 2. The molecule has 0 bridgehead atoms. The van der Waals surface area contributed by atoms with Crippen LogP contribution in [-0.2, 0) is 14.6 Å². The molecule has 1 aliphatic heterocycles. The van der Waals surface area contributed by atoms with Gasteiger partial charge in [-0.15, -0.1) is 0 Å². The number of rotatable bonds is 6. The van der Waals surface area contributed by atoms with Gasteiger partial charge in [0.15, 0.2) is 15.7 Å². The summed E-state index contributed by atoms with van der Waals surface area (Å²) < 4.78 is 32.2. The predicted octanol–water partition coefficient (Wildman–Crippen LogP) is 3.53. The van der Waals surface area contributed by atoms with Crippen molar-refractivity contribution in [1.29, 1.82) is 5.26 Å². The number of anilines is 2. The molecule has 1 saturated heterocycles. The van der Waals surface area contributed by atoms with Gasteiger partial charge in [-0.3, -0.25) is 9.48 Å². The lowest BCUT2D eigenvalue weighted by Gasteiger charge is -2.27. The lowest BCUT2D eigenvalue weighted by Crippen LogP contribution is -2.30. The first-order chi connectivity index (χ1) is 15.7. The summed E-state index contributed by atoms with van der Waals surface area (Å²) in [6.45, 7) is 6.12. The third-order valence-electron chi connectivity index (χ3n) is 6.44. The van der Waals surface area contributed by atoms with E-state index in [0.717, 1.165) is 0 Å². The fourth-order valence-corrected chi connectivity index (χ4v) is 5.43. The molecule has 3 aromatic rings. The number of nitrogens with one attached hydrogen (secondary N) is 2. The first kappa shape index (κ1) is 23.0. The molecule has 2 aromatic heterocycles. The summed E-state index contributed by atoms with van der Waals surface area (Å²) in [6.07, 6.45) is 2.64. The van der Waals surface area contributed by atoms with Crippen molar-refractivity contribution >= 4 is 32.2 Å². The quantitative estimate of drug-likeness (QED) is 0.565. The van der Waals surface area contributed by atoms with Crippen molar-refractivity contribution in [1.82, 2.24) is 14.8 Å². The maximum Gasteiger partial charge on any atom is 0.261 e. The van der Waals surface area contributed by atoms with Gasteiger partial charge in [-0.1, -0.05) is 6.92 Å². The van der Waals surface area contributed by atoms with E-state index in [4.69, 9.17) is 4.74 Å². The molecule has 33 heavy (non-hydrogen) atoms. The van der Waals surface area contributed by atoms with Crippen molar-refractivity contribution in [2.45, 2.75) is 49.3 Å². The Morgan fingerprint density at radius 1 is 1.30 bits per heavy atom. The van der Waals surface area contributed by atoms with Gasteiger partial charge in [-0.2, -0.15) is 10.4 Å². The number of nitrogens with zero attached hydrogens (tertiary/aromatic N) is 3. The van der Waals surface area contributed by atoms with E-state index in [1.165, 1.54) is 0 Å². The van der Waals surface area contributed by atoms with Gasteiger partial charge in [0, 0.05) is 18.5 Å². The highest BCUT2D eigenvalue weighted by molar-refractivity contribution is 7.92. The number of sulfone groups is 1. The van der Waals surface area contributed by atoms with Gasteiger partial charge in [0.1, 0.15) is 5.39 Å². The standard InChI is InChI=1S/C23H27N5O4S/c1-4-23(2,3)33(30,31)17-7-5-16(6-8-17)26-21-20-18(9-11-25-22(20)29)28(27-21)19-14-32-12-10-15(19)13-24/h5-9,11,15,19H,4,10,12,14H2,1-3H3,(H,25,29)(H,26,27). The topological polar surface area (TPSA) is 130 Å². The average Bonchev–Trinajstić information content (AvgIpc) is 3.18. The smallest absolute Gasteiger partial charge is 0.261 e. The zero-order valence-corrected chi connectivity index (χ0v) is 19.6. The summed E-state index contributed by atoms with van der Waals surface area (Å²) in [5, 5.41) is 17.7. The van der Waals surface area contributed by atoms with Crippen LogP contribution in [0.3, 0.4) is 0 Å². The molecule has 2 atom stereocenters. The van der Waals surface area contributed by atoms with Crippen LogP contribution in [0.1, 0.15) is 39.7 Å². The molecule has 1 aromatic carbocycles. The molecule has 9 nitrogen and oxygen atoms in total. The van der Waals surface area contributed by atoms with Crippen molar-refractivity contribution in [3.8, 4) is 6.07 Å². The summed E-state index contributed by atoms with van der Waals surface area (Å²) in [6, 6.07) is 10.2. The Kier molecular flexibility index (Phi) is 6.03. The molecule has 1 fully saturated rings. The lowest BCUT2D eigenvalue weighted by atomic mass is 9.96. The fraction of sp³-hybridized carbons (Fsp3) is 0.435. The molecule has 0 spiro atoms. The maximum absolute atomic E-state index is 12.9. The number of H-pyrrole nitrogens is 1. The molecule has 10 heteroatoms. The summed E-state index contributed by atoms with van der Waals surface area (Å²) in [4.78, 5) is 15.6. The second-order valence-corrected chi connectivity index (χ2v) is 11.4. The van der Waals surface area contributed by atoms with Crippen LogP contribution >= 0.6 is 0 Å². The Labute approximate surface area is 192 Å². The Morgan fingerprint density at radius 2 is 2.03 bits per heavy atom. The zero-order valence-electron chi connectivity index (χ0n) is 18.8. The number of hydrogen-bond acceptors (Lipinski definition) is 7. The number of fused-ring (bicyclic) bond motifs is 1. The molecule has 1 aliphatic rings. The number of aromatic amines is 1. The van der Waals surface area contributed by atoms with Gasteiger partial charge in [-0.25, -0.2) is 8.42 Å². The van der Waals surface area contributed by atoms with Gasteiger partial charge < -0.3 is 15.0 Å². The lowest BCUT2D eigenvalue weighted by molar-refractivity contribution is 0.0359. The molecular formula is C23H27N5O4S. The van der Waals surface area contributed by atoms with Gasteiger partial charge in [0.2, 0.25) is 0 Å². The van der Waals surface area contributed by atoms with Gasteiger partial charge in [-0.05, 0) is 57.0 Å². The summed E-state index contributed by atoms with van der Waals surface area (Å²) in [5.41, 5.74) is 0.881. The van der Waals surface area contributed by atoms with E-state index in [9.17, 15) is 18.5 Å². The zero-order chi connectivity index (χ0) is 23.8. The van der Waals surface area contributed by atoms with Crippen molar-refractivity contribution in [3.05, 3.63) is 46.9 Å².